The Morgan fingerprint density at radius 2 is 2.41 bits per heavy atom. The van der Waals surface area contributed by atoms with Crippen molar-refractivity contribution in [3.8, 4) is 0 Å². The van der Waals surface area contributed by atoms with Crippen LogP contribution in [-0.4, -0.2) is 57.2 Å². The van der Waals surface area contributed by atoms with Gasteiger partial charge in [0, 0.05) is 26.8 Å². The second-order valence-corrected chi connectivity index (χ2v) is 5.37. The minimum Gasteiger partial charge on any atom is -0.380 e. The molecule has 2 rings (SSSR count). The summed E-state index contributed by atoms with van der Waals surface area (Å²) in [5.74, 6) is 0. The summed E-state index contributed by atoms with van der Waals surface area (Å²) in [5.41, 5.74) is -0.270. The average Bonchev–Trinajstić information content (AvgIpc) is 2.40. The molecule has 2 fully saturated rings. The molecule has 0 aromatic rings. The predicted molar refractivity (Wildman–Crippen MR) is 65.0 cm³/mol. The fraction of sp³-hybridized carbons (Fsp3) is 0.923. The zero-order chi connectivity index (χ0) is 12.1. The van der Waals surface area contributed by atoms with Gasteiger partial charge in [-0.05, 0) is 32.2 Å². The smallest absolute Gasteiger partial charge is 0.129 e. The van der Waals surface area contributed by atoms with Gasteiger partial charge < -0.3 is 14.3 Å². The van der Waals surface area contributed by atoms with Crippen molar-refractivity contribution in [2.24, 2.45) is 5.41 Å². The zero-order valence-electron chi connectivity index (χ0n) is 10.7. The molecule has 0 bridgehead atoms. The van der Waals surface area contributed by atoms with E-state index in [2.05, 4.69) is 4.90 Å². The maximum absolute atomic E-state index is 11.4. The first-order valence-electron chi connectivity index (χ1n) is 6.57. The first kappa shape index (κ1) is 13.0. The van der Waals surface area contributed by atoms with Gasteiger partial charge in [0.25, 0.3) is 0 Å². The molecule has 2 aliphatic rings. The maximum Gasteiger partial charge on any atom is 0.129 e. The molecule has 4 nitrogen and oxygen atoms in total. The zero-order valence-corrected chi connectivity index (χ0v) is 10.7. The van der Waals surface area contributed by atoms with E-state index in [1.807, 2.05) is 0 Å². The second-order valence-electron chi connectivity index (χ2n) is 5.37. The summed E-state index contributed by atoms with van der Waals surface area (Å²) in [4.78, 5) is 13.7. The number of carbonyl (C=O) groups is 1. The van der Waals surface area contributed by atoms with Crippen LogP contribution in [0.1, 0.15) is 25.7 Å². The number of methoxy groups -OCH3 is 1. The van der Waals surface area contributed by atoms with E-state index in [-0.39, 0.29) is 5.41 Å². The van der Waals surface area contributed by atoms with Crippen LogP contribution in [0.2, 0.25) is 0 Å². The normalized spacial score (nSPS) is 35.7. The van der Waals surface area contributed by atoms with Crippen LogP contribution < -0.4 is 0 Å². The van der Waals surface area contributed by atoms with E-state index in [1.165, 1.54) is 0 Å². The summed E-state index contributed by atoms with van der Waals surface area (Å²) >= 11 is 0. The van der Waals surface area contributed by atoms with Crippen molar-refractivity contribution in [2.75, 3.05) is 40.0 Å². The number of hydrogen-bond donors (Lipinski definition) is 0. The number of rotatable bonds is 4. The van der Waals surface area contributed by atoms with Crippen LogP contribution in [0, 0.1) is 5.41 Å². The summed E-state index contributed by atoms with van der Waals surface area (Å²) in [6.45, 7) is 4.25. The number of piperidine rings is 1. The monoisotopic (exact) mass is 241 g/mol. The molecule has 17 heavy (non-hydrogen) atoms. The van der Waals surface area contributed by atoms with E-state index in [4.69, 9.17) is 9.47 Å². The molecular formula is C13H23NO3. The third-order valence-electron chi connectivity index (χ3n) is 3.94. The molecule has 2 aliphatic heterocycles. The van der Waals surface area contributed by atoms with Crippen LogP contribution in [0.4, 0.5) is 0 Å². The number of nitrogens with zero attached hydrogens (tertiary/aromatic N) is 1. The molecule has 0 aromatic heterocycles. The SMILES string of the molecule is COC1CCCN(CC2(C=O)CCCOC2)C1. The summed E-state index contributed by atoms with van der Waals surface area (Å²) in [6.07, 6.45) is 5.70. The summed E-state index contributed by atoms with van der Waals surface area (Å²) in [5, 5.41) is 0. The van der Waals surface area contributed by atoms with E-state index in [9.17, 15) is 4.79 Å². The van der Waals surface area contributed by atoms with Crippen LogP contribution in [0.3, 0.4) is 0 Å². The Morgan fingerprint density at radius 3 is 3.06 bits per heavy atom. The summed E-state index contributed by atoms with van der Waals surface area (Å²) in [7, 11) is 1.77. The topological polar surface area (TPSA) is 38.8 Å². The quantitative estimate of drug-likeness (QED) is 0.691. The minimum atomic E-state index is -0.270. The van der Waals surface area contributed by atoms with Gasteiger partial charge in [-0.15, -0.1) is 0 Å². The Balaban J connectivity index is 1.91. The molecule has 0 radical (unpaired) electrons. The molecule has 2 saturated heterocycles. The van der Waals surface area contributed by atoms with E-state index in [0.29, 0.717) is 12.7 Å². The van der Waals surface area contributed by atoms with Gasteiger partial charge in [-0.1, -0.05) is 0 Å². The lowest BCUT2D eigenvalue weighted by Gasteiger charge is -2.39. The Labute approximate surface area is 103 Å². The largest absolute Gasteiger partial charge is 0.380 e. The van der Waals surface area contributed by atoms with Crippen LogP contribution in [0.5, 0.6) is 0 Å². The molecule has 0 aromatic carbocycles. The van der Waals surface area contributed by atoms with Gasteiger partial charge in [0.2, 0.25) is 0 Å². The van der Waals surface area contributed by atoms with Crippen molar-refractivity contribution in [1.82, 2.24) is 4.90 Å². The van der Waals surface area contributed by atoms with Crippen molar-refractivity contribution in [2.45, 2.75) is 31.8 Å². The van der Waals surface area contributed by atoms with Crippen molar-refractivity contribution in [1.29, 1.82) is 0 Å². The van der Waals surface area contributed by atoms with Crippen LogP contribution in [-0.2, 0) is 14.3 Å². The lowest BCUT2D eigenvalue weighted by molar-refractivity contribution is -0.126. The van der Waals surface area contributed by atoms with Crippen LogP contribution >= 0.6 is 0 Å². The van der Waals surface area contributed by atoms with Gasteiger partial charge >= 0.3 is 0 Å². The first-order chi connectivity index (χ1) is 8.28. The second kappa shape index (κ2) is 5.94. The number of ether oxygens (including phenoxy) is 2. The highest BCUT2D eigenvalue weighted by atomic mass is 16.5. The molecule has 2 heterocycles. The number of aldehydes is 1. The van der Waals surface area contributed by atoms with E-state index >= 15 is 0 Å². The standard InChI is InChI=1S/C13H23NO3/c1-16-12-4-2-6-14(8-12)9-13(10-15)5-3-7-17-11-13/h10,12H,2-9,11H2,1H3. The van der Waals surface area contributed by atoms with Gasteiger partial charge in [-0.3, -0.25) is 4.90 Å². The number of hydrogen-bond acceptors (Lipinski definition) is 4. The van der Waals surface area contributed by atoms with Gasteiger partial charge in [0.15, 0.2) is 0 Å². The Hall–Kier alpha value is -0.450. The summed E-state index contributed by atoms with van der Waals surface area (Å²) < 4.78 is 10.9. The van der Waals surface area contributed by atoms with Crippen LogP contribution in [0.15, 0.2) is 0 Å². The highest BCUT2D eigenvalue weighted by Crippen LogP contribution is 2.28. The molecule has 2 atom stereocenters. The van der Waals surface area contributed by atoms with Gasteiger partial charge in [-0.25, -0.2) is 0 Å². The summed E-state index contributed by atoms with van der Waals surface area (Å²) in [6, 6.07) is 0. The highest BCUT2D eigenvalue weighted by molar-refractivity contribution is 5.60. The fourth-order valence-corrected chi connectivity index (χ4v) is 2.92. The molecule has 2 unspecified atom stereocenters. The molecule has 0 spiro atoms. The van der Waals surface area contributed by atoms with Gasteiger partial charge in [0.1, 0.15) is 6.29 Å². The number of carbonyl (C=O) groups excluding carboxylic acids is 1. The molecule has 0 saturated carbocycles. The molecule has 0 amide bonds. The average molecular weight is 241 g/mol. The van der Waals surface area contributed by atoms with Crippen molar-refractivity contribution in [3.63, 3.8) is 0 Å². The van der Waals surface area contributed by atoms with Gasteiger partial charge in [-0.2, -0.15) is 0 Å². The van der Waals surface area contributed by atoms with Gasteiger partial charge in [0.05, 0.1) is 18.1 Å². The Morgan fingerprint density at radius 1 is 1.53 bits per heavy atom. The maximum atomic E-state index is 11.4. The van der Waals surface area contributed by atoms with E-state index in [1.54, 1.807) is 7.11 Å². The fourth-order valence-electron chi connectivity index (χ4n) is 2.92. The molecule has 4 heteroatoms. The molecule has 0 aliphatic carbocycles. The first-order valence-corrected chi connectivity index (χ1v) is 6.57. The van der Waals surface area contributed by atoms with Crippen LogP contribution in [0.25, 0.3) is 0 Å². The Kier molecular flexibility index (Phi) is 4.54. The predicted octanol–water partition coefficient (Wildman–Crippen LogP) is 1.09. The Bertz CT molecular complexity index is 251. The van der Waals surface area contributed by atoms with Crippen molar-refractivity contribution in [3.05, 3.63) is 0 Å². The minimum absolute atomic E-state index is 0.270. The molecule has 0 N–H and O–H groups in total. The lowest BCUT2D eigenvalue weighted by Crippen LogP contribution is -2.48. The molecular weight excluding hydrogens is 218 g/mol. The third kappa shape index (κ3) is 3.27. The van der Waals surface area contributed by atoms with Crippen molar-refractivity contribution >= 4 is 6.29 Å². The highest BCUT2D eigenvalue weighted by Gasteiger charge is 2.35. The third-order valence-corrected chi connectivity index (χ3v) is 3.94. The number of likely N-dealkylation sites (tertiary alicyclic amines) is 1. The van der Waals surface area contributed by atoms with E-state index < -0.39 is 0 Å². The van der Waals surface area contributed by atoms with E-state index in [0.717, 1.165) is 58.2 Å². The molecule has 98 valence electrons. The van der Waals surface area contributed by atoms with Crippen molar-refractivity contribution < 1.29 is 14.3 Å². The lowest BCUT2D eigenvalue weighted by atomic mass is 9.83.